The number of hydrogen-bond acceptors (Lipinski definition) is 5. The molecular formula is C13H28N6O3. The normalized spacial score (nSPS) is 12.2. The molecule has 0 heterocycles. The summed E-state index contributed by atoms with van der Waals surface area (Å²) in [6.45, 7) is 6.35. The third kappa shape index (κ3) is 11.8. The van der Waals surface area contributed by atoms with Crippen LogP contribution in [0, 0.1) is 5.41 Å². The number of amides is 2. The van der Waals surface area contributed by atoms with E-state index in [2.05, 4.69) is 16.0 Å². The molecule has 0 radical (unpaired) electrons. The topological polar surface area (TPSA) is 155 Å². The van der Waals surface area contributed by atoms with Gasteiger partial charge in [-0.1, -0.05) is 0 Å². The van der Waals surface area contributed by atoms with Crippen LogP contribution >= 0.6 is 0 Å². The lowest BCUT2D eigenvalue weighted by Crippen LogP contribution is -2.44. The van der Waals surface area contributed by atoms with Crippen LogP contribution in [0.5, 0.6) is 0 Å². The van der Waals surface area contributed by atoms with Gasteiger partial charge in [-0.05, 0) is 33.6 Å². The number of carbonyl (C=O) groups is 2. The molecule has 0 fully saturated rings. The molecule has 0 spiro atoms. The molecule has 0 aliphatic heterocycles. The molecule has 0 saturated heterocycles. The number of ether oxygens (including phenoxy) is 1. The summed E-state index contributed by atoms with van der Waals surface area (Å²) < 4.78 is 5.06. The zero-order valence-corrected chi connectivity index (χ0v) is 13.5. The molecule has 1 atom stereocenters. The zero-order valence-electron chi connectivity index (χ0n) is 13.5. The number of nitrogens with one attached hydrogen (secondary N) is 4. The summed E-state index contributed by atoms with van der Waals surface area (Å²) in [5, 5.41) is 14.8. The van der Waals surface area contributed by atoms with Gasteiger partial charge in [0.05, 0.1) is 6.04 Å². The van der Waals surface area contributed by atoms with Gasteiger partial charge in [-0.3, -0.25) is 10.2 Å². The van der Waals surface area contributed by atoms with Crippen LogP contribution in [-0.4, -0.2) is 49.2 Å². The first kappa shape index (κ1) is 20.0. The quantitative estimate of drug-likeness (QED) is 0.196. The van der Waals surface area contributed by atoms with E-state index in [1.807, 2.05) is 0 Å². The molecule has 0 aliphatic carbocycles. The Morgan fingerprint density at radius 2 is 1.73 bits per heavy atom. The smallest absolute Gasteiger partial charge is 0.407 e. The first-order chi connectivity index (χ1) is 10.1. The Balaban J connectivity index is 3.71. The number of carbonyl (C=O) groups excluding carboxylic acids is 2. The molecule has 8 N–H and O–H groups in total. The third-order valence-corrected chi connectivity index (χ3v) is 2.44. The van der Waals surface area contributed by atoms with Crippen molar-refractivity contribution in [2.24, 2.45) is 11.5 Å². The number of rotatable bonds is 8. The Bertz CT molecular complexity index is 380. The number of guanidine groups is 1. The van der Waals surface area contributed by atoms with E-state index >= 15 is 0 Å². The van der Waals surface area contributed by atoms with E-state index < -0.39 is 17.7 Å². The molecule has 0 saturated carbocycles. The molecule has 0 aromatic rings. The molecule has 0 unspecified atom stereocenters. The monoisotopic (exact) mass is 316 g/mol. The molecule has 0 bridgehead atoms. The van der Waals surface area contributed by atoms with Crippen molar-refractivity contribution in [2.45, 2.75) is 45.3 Å². The number of nitrogens with two attached hydrogens (primary N) is 2. The molecule has 0 aliphatic rings. The van der Waals surface area contributed by atoms with Crippen LogP contribution < -0.4 is 27.4 Å². The van der Waals surface area contributed by atoms with Crippen molar-refractivity contribution in [1.82, 2.24) is 16.0 Å². The Morgan fingerprint density at radius 3 is 2.27 bits per heavy atom. The first-order valence-electron chi connectivity index (χ1n) is 7.20. The second kappa shape index (κ2) is 9.82. The van der Waals surface area contributed by atoms with Crippen molar-refractivity contribution < 1.29 is 14.3 Å². The fourth-order valence-electron chi connectivity index (χ4n) is 1.47. The predicted octanol–water partition coefficient (Wildman–Crippen LogP) is -0.782. The Kier molecular flexibility index (Phi) is 8.92. The van der Waals surface area contributed by atoms with Gasteiger partial charge in [0, 0.05) is 19.6 Å². The van der Waals surface area contributed by atoms with E-state index in [0.29, 0.717) is 19.4 Å². The van der Waals surface area contributed by atoms with E-state index in [0.717, 1.165) is 0 Å². The van der Waals surface area contributed by atoms with Gasteiger partial charge >= 0.3 is 6.09 Å². The second-order valence-corrected chi connectivity index (χ2v) is 5.81. The van der Waals surface area contributed by atoms with Crippen molar-refractivity contribution in [3.8, 4) is 0 Å². The largest absolute Gasteiger partial charge is 0.444 e. The predicted molar refractivity (Wildman–Crippen MR) is 84.4 cm³/mol. The van der Waals surface area contributed by atoms with Crippen LogP contribution in [0.25, 0.3) is 0 Å². The van der Waals surface area contributed by atoms with Crippen LogP contribution in [0.3, 0.4) is 0 Å². The van der Waals surface area contributed by atoms with Crippen LogP contribution in [0.4, 0.5) is 4.79 Å². The summed E-state index contributed by atoms with van der Waals surface area (Å²) in [4.78, 5) is 23.0. The minimum Gasteiger partial charge on any atom is -0.444 e. The van der Waals surface area contributed by atoms with Gasteiger partial charge in [-0.25, -0.2) is 4.79 Å². The summed E-state index contributed by atoms with van der Waals surface area (Å²) in [6, 6.07) is -0.629. The lowest BCUT2D eigenvalue weighted by molar-refractivity contribution is -0.122. The first-order valence-corrected chi connectivity index (χ1v) is 7.20. The summed E-state index contributed by atoms with van der Waals surface area (Å²) in [5.41, 5.74) is 10.3. The average Bonchev–Trinajstić information content (AvgIpc) is 2.36. The molecule has 0 aromatic heterocycles. The lowest BCUT2D eigenvalue weighted by atomic mass is 10.1. The number of alkyl carbamates (subject to hydrolysis) is 1. The molecular weight excluding hydrogens is 288 g/mol. The SMILES string of the molecule is CC(C)(C)OC(=O)NCCNC(=O)[C@@H](N)CCCNC(=N)N. The van der Waals surface area contributed by atoms with Crippen LogP contribution in [0.2, 0.25) is 0 Å². The Morgan fingerprint density at radius 1 is 1.14 bits per heavy atom. The highest BCUT2D eigenvalue weighted by atomic mass is 16.6. The summed E-state index contributed by atoms with van der Waals surface area (Å²) >= 11 is 0. The van der Waals surface area contributed by atoms with Crippen molar-refractivity contribution in [3.63, 3.8) is 0 Å². The standard InChI is InChI=1S/C13H28N6O3/c1-13(2,3)22-12(21)19-8-7-17-10(20)9(14)5-4-6-18-11(15)16/h9H,4-8,14H2,1-3H3,(H,17,20)(H,19,21)(H4,15,16,18)/t9-/m0/s1. The van der Waals surface area contributed by atoms with E-state index in [4.69, 9.17) is 21.6 Å². The summed E-state index contributed by atoms with van der Waals surface area (Å²) in [5.74, 6) is -0.389. The minimum atomic E-state index is -0.629. The highest BCUT2D eigenvalue weighted by Crippen LogP contribution is 2.05. The zero-order chi connectivity index (χ0) is 17.2. The fraction of sp³-hybridized carbons (Fsp3) is 0.769. The minimum absolute atomic E-state index is 0.105. The summed E-state index contributed by atoms with van der Waals surface area (Å²) in [6.07, 6.45) is 0.581. The van der Waals surface area contributed by atoms with E-state index in [1.54, 1.807) is 20.8 Å². The van der Waals surface area contributed by atoms with Gasteiger partial charge in [0.25, 0.3) is 0 Å². The molecule has 2 amide bonds. The highest BCUT2D eigenvalue weighted by molar-refractivity contribution is 5.81. The third-order valence-electron chi connectivity index (χ3n) is 2.44. The molecule has 22 heavy (non-hydrogen) atoms. The van der Waals surface area contributed by atoms with Gasteiger partial charge in [0.15, 0.2) is 5.96 Å². The van der Waals surface area contributed by atoms with Crippen LogP contribution in [0.1, 0.15) is 33.6 Å². The lowest BCUT2D eigenvalue weighted by Gasteiger charge is -2.19. The summed E-state index contributed by atoms with van der Waals surface area (Å²) in [7, 11) is 0. The molecule has 0 rings (SSSR count). The molecule has 9 heteroatoms. The van der Waals surface area contributed by atoms with Gasteiger partial charge in [-0.2, -0.15) is 0 Å². The maximum absolute atomic E-state index is 11.7. The highest BCUT2D eigenvalue weighted by Gasteiger charge is 2.16. The van der Waals surface area contributed by atoms with Crippen LogP contribution in [0.15, 0.2) is 0 Å². The number of hydrogen-bond donors (Lipinski definition) is 6. The fourth-order valence-corrected chi connectivity index (χ4v) is 1.47. The van der Waals surface area contributed by atoms with Gasteiger partial charge in [0.1, 0.15) is 5.60 Å². The average molecular weight is 316 g/mol. The van der Waals surface area contributed by atoms with Crippen LogP contribution in [-0.2, 0) is 9.53 Å². The van der Waals surface area contributed by atoms with Gasteiger partial charge < -0.3 is 32.2 Å². The maximum Gasteiger partial charge on any atom is 0.407 e. The second-order valence-electron chi connectivity index (χ2n) is 5.81. The Hall–Kier alpha value is -2.03. The Labute approximate surface area is 131 Å². The van der Waals surface area contributed by atoms with Crippen molar-refractivity contribution in [3.05, 3.63) is 0 Å². The van der Waals surface area contributed by atoms with Crippen molar-refractivity contribution in [2.75, 3.05) is 19.6 Å². The van der Waals surface area contributed by atoms with Gasteiger partial charge in [-0.15, -0.1) is 0 Å². The molecule has 9 nitrogen and oxygen atoms in total. The van der Waals surface area contributed by atoms with E-state index in [-0.39, 0.29) is 25.0 Å². The van der Waals surface area contributed by atoms with E-state index in [9.17, 15) is 9.59 Å². The van der Waals surface area contributed by atoms with Gasteiger partial charge in [0.2, 0.25) is 5.91 Å². The maximum atomic E-state index is 11.7. The van der Waals surface area contributed by atoms with E-state index in [1.165, 1.54) is 0 Å². The molecule has 0 aromatic carbocycles. The van der Waals surface area contributed by atoms with Crippen molar-refractivity contribution in [1.29, 1.82) is 5.41 Å². The van der Waals surface area contributed by atoms with Crippen molar-refractivity contribution >= 4 is 18.0 Å². The molecule has 128 valence electrons.